The fraction of sp³-hybridized carbons (Fsp3) is 0.680. The van der Waals surface area contributed by atoms with Crippen molar-refractivity contribution in [2.75, 3.05) is 20.1 Å². The van der Waals surface area contributed by atoms with Gasteiger partial charge in [-0.25, -0.2) is 0 Å². The van der Waals surface area contributed by atoms with Gasteiger partial charge in [0.1, 0.15) is 0 Å². The van der Waals surface area contributed by atoms with Crippen molar-refractivity contribution >= 4 is 11.8 Å². The van der Waals surface area contributed by atoms with Gasteiger partial charge in [0.15, 0.2) is 0 Å². The average molecular weight is 410 g/mol. The van der Waals surface area contributed by atoms with E-state index in [9.17, 15) is 9.59 Å². The Hall–Kier alpha value is -1.88. The molecule has 2 bridgehead atoms. The van der Waals surface area contributed by atoms with E-state index in [1.807, 2.05) is 0 Å². The van der Waals surface area contributed by atoms with Gasteiger partial charge in [0.05, 0.1) is 6.54 Å². The van der Waals surface area contributed by atoms with Gasteiger partial charge in [0.2, 0.25) is 11.8 Å². The normalized spacial score (nSPS) is 36.3. The van der Waals surface area contributed by atoms with Crippen LogP contribution in [0.4, 0.5) is 0 Å². The number of benzene rings is 1. The van der Waals surface area contributed by atoms with E-state index in [0.717, 1.165) is 32.2 Å². The van der Waals surface area contributed by atoms with Gasteiger partial charge in [-0.2, -0.15) is 0 Å². The van der Waals surface area contributed by atoms with Crippen LogP contribution in [-0.2, 0) is 16.0 Å². The summed E-state index contributed by atoms with van der Waals surface area (Å²) in [5, 5.41) is 0. The number of piperidine rings is 1. The molecule has 2 amide bonds. The van der Waals surface area contributed by atoms with Crippen molar-refractivity contribution in [1.82, 2.24) is 14.7 Å². The van der Waals surface area contributed by atoms with Crippen molar-refractivity contribution in [1.29, 1.82) is 0 Å². The molecule has 5 atom stereocenters. The molecule has 0 N–H and O–H groups in total. The molecule has 4 aliphatic rings. The summed E-state index contributed by atoms with van der Waals surface area (Å²) in [5.41, 5.74) is 1.51. The van der Waals surface area contributed by atoms with E-state index in [-0.39, 0.29) is 29.8 Å². The minimum absolute atomic E-state index is 0.147. The summed E-state index contributed by atoms with van der Waals surface area (Å²) in [5.74, 6) is 0.325. The predicted octanol–water partition coefficient (Wildman–Crippen LogP) is 3.08. The number of hydrogen-bond donors (Lipinski definition) is 0. The Morgan fingerprint density at radius 2 is 1.83 bits per heavy atom. The molecular weight excluding hydrogens is 374 g/mol. The Labute approximate surface area is 180 Å². The summed E-state index contributed by atoms with van der Waals surface area (Å²) in [6.07, 6.45) is 8.35. The third-order valence-corrected chi connectivity index (χ3v) is 8.60. The van der Waals surface area contributed by atoms with Crippen LogP contribution in [0, 0.1) is 5.41 Å². The minimum atomic E-state index is 0.147. The standard InChI is InChI=1S/C25H35N3O2/c1-25-16-20-19(15-18-9-4-3-5-10-18)26(2)21(25)11-6-7-12-22(25)28(20)24(30)17-27-14-8-13-23(27)29/h3-5,9-10,19-22H,6-8,11-17H2,1-2H3/t19-,20+,21-,22+,25-/m1/s1. The number of rotatable bonds is 4. The van der Waals surface area contributed by atoms with Gasteiger partial charge < -0.3 is 9.80 Å². The lowest BCUT2D eigenvalue weighted by atomic mass is 9.69. The largest absolute Gasteiger partial charge is 0.333 e. The summed E-state index contributed by atoms with van der Waals surface area (Å²) < 4.78 is 0. The van der Waals surface area contributed by atoms with Crippen LogP contribution in [0.2, 0.25) is 0 Å². The van der Waals surface area contributed by atoms with E-state index < -0.39 is 0 Å². The third kappa shape index (κ3) is 3.17. The molecule has 30 heavy (non-hydrogen) atoms. The first-order valence-corrected chi connectivity index (χ1v) is 11.8. The number of likely N-dealkylation sites (N-methyl/N-ethyl adjacent to an activating group) is 1. The molecule has 162 valence electrons. The number of amides is 2. The van der Waals surface area contributed by atoms with Gasteiger partial charge in [0.25, 0.3) is 0 Å². The van der Waals surface area contributed by atoms with E-state index in [0.29, 0.717) is 24.5 Å². The molecule has 5 rings (SSSR count). The van der Waals surface area contributed by atoms with Gasteiger partial charge in [-0.1, -0.05) is 50.1 Å². The second-order valence-corrected chi connectivity index (χ2v) is 10.2. The highest BCUT2D eigenvalue weighted by atomic mass is 16.2. The lowest BCUT2D eigenvalue weighted by molar-refractivity contribution is -0.141. The van der Waals surface area contributed by atoms with E-state index in [1.54, 1.807) is 4.90 Å². The zero-order valence-electron chi connectivity index (χ0n) is 18.4. The summed E-state index contributed by atoms with van der Waals surface area (Å²) in [6.45, 7) is 3.44. The molecule has 1 aliphatic carbocycles. The Morgan fingerprint density at radius 3 is 2.53 bits per heavy atom. The summed E-state index contributed by atoms with van der Waals surface area (Å²) in [6, 6.07) is 12.1. The molecule has 3 heterocycles. The van der Waals surface area contributed by atoms with Gasteiger partial charge >= 0.3 is 0 Å². The molecular formula is C25H35N3O2. The Balaban J connectivity index is 1.47. The molecule has 5 heteroatoms. The van der Waals surface area contributed by atoms with Crippen LogP contribution in [0.15, 0.2) is 30.3 Å². The van der Waals surface area contributed by atoms with Crippen LogP contribution in [-0.4, -0.2) is 70.8 Å². The maximum Gasteiger partial charge on any atom is 0.242 e. The highest BCUT2D eigenvalue weighted by molar-refractivity contribution is 5.86. The van der Waals surface area contributed by atoms with Crippen LogP contribution < -0.4 is 0 Å². The molecule has 1 aromatic carbocycles. The topological polar surface area (TPSA) is 43.9 Å². The van der Waals surface area contributed by atoms with Gasteiger partial charge in [-0.3, -0.25) is 14.5 Å². The highest BCUT2D eigenvalue weighted by Crippen LogP contribution is 2.55. The number of fused-ring (bicyclic) bond motifs is 1. The SMILES string of the molecule is CN1[C@H](Cc2ccccc2)[C@@H]2C[C@@]3(C)[C@H](CCCC[C@@H]13)N2C(=O)CN1CCCC1=O. The first kappa shape index (κ1) is 20.0. The van der Waals surface area contributed by atoms with Gasteiger partial charge in [-0.05, 0) is 44.7 Å². The number of carbonyl (C=O) groups is 2. The molecule has 4 fully saturated rings. The summed E-state index contributed by atoms with van der Waals surface area (Å²) >= 11 is 0. The molecule has 3 aliphatic heterocycles. The smallest absolute Gasteiger partial charge is 0.242 e. The molecule has 0 spiro atoms. The zero-order valence-corrected chi connectivity index (χ0v) is 18.4. The lowest BCUT2D eigenvalue weighted by Crippen LogP contribution is -2.58. The van der Waals surface area contributed by atoms with Gasteiger partial charge in [0, 0.05) is 42.5 Å². The Kier molecular flexibility index (Phi) is 5.12. The summed E-state index contributed by atoms with van der Waals surface area (Å²) in [4.78, 5) is 32.5. The first-order valence-electron chi connectivity index (χ1n) is 11.8. The number of nitrogens with zero attached hydrogens (tertiary/aromatic N) is 3. The fourth-order valence-corrected chi connectivity index (χ4v) is 7.17. The van der Waals surface area contributed by atoms with Crippen molar-refractivity contribution in [3.8, 4) is 0 Å². The maximum atomic E-state index is 13.7. The van der Waals surface area contributed by atoms with E-state index in [1.165, 1.54) is 24.8 Å². The van der Waals surface area contributed by atoms with E-state index >= 15 is 0 Å². The van der Waals surface area contributed by atoms with Gasteiger partial charge in [-0.15, -0.1) is 0 Å². The fourth-order valence-electron chi connectivity index (χ4n) is 7.17. The molecule has 0 radical (unpaired) electrons. The predicted molar refractivity (Wildman–Crippen MR) is 117 cm³/mol. The van der Waals surface area contributed by atoms with Crippen LogP contribution in [0.1, 0.15) is 57.4 Å². The van der Waals surface area contributed by atoms with E-state index in [2.05, 4.69) is 54.1 Å². The van der Waals surface area contributed by atoms with Crippen LogP contribution >= 0.6 is 0 Å². The minimum Gasteiger partial charge on any atom is -0.333 e. The average Bonchev–Trinajstić information content (AvgIpc) is 3.19. The first-order chi connectivity index (χ1) is 14.5. The second-order valence-electron chi connectivity index (χ2n) is 10.2. The Morgan fingerprint density at radius 1 is 1.10 bits per heavy atom. The molecule has 0 aromatic heterocycles. The summed E-state index contributed by atoms with van der Waals surface area (Å²) in [7, 11) is 2.29. The maximum absolute atomic E-state index is 13.7. The third-order valence-electron chi connectivity index (χ3n) is 8.60. The number of carbonyl (C=O) groups excluding carboxylic acids is 2. The second kappa shape index (κ2) is 7.67. The van der Waals surface area contributed by atoms with Crippen molar-refractivity contribution in [3.63, 3.8) is 0 Å². The van der Waals surface area contributed by atoms with Crippen LogP contribution in [0.25, 0.3) is 0 Å². The molecule has 1 saturated carbocycles. The van der Waals surface area contributed by atoms with Crippen molar-refractivity contribution in [2.24, 2.45) is 5.41 Å². The molecule has 3 saturated heterocycles. The van der Waals surface area contributed by atoms with Crippen LogP contribution in [0.5, 0.6) is 0 Å². The van der Waals surface area contributed by atoms with Crippen molar-refractivity contribution in [3.05, 3.63) is 35.9 Å². The monoisotopic (exact) mass is 409 g/mol. The lowest BCUT2D eigenvalue weighted by Gasteiger charge is -2.49. The zero-order chi connectivity index (χ0) is 20.9. The molecule has 5 nitrogen and oxygen atoms in total. The molecule has 1 aromatic rings. The highest BCUT2D eigenvalue weighted by Gasteiger charge is 2.62. The van der Waals surface area contributed by atoms with Crippen molar-refractivity contribution < 1.29 is 9.59 Å². The molecule has 0 unspecified atom stereocenters. The van der Waals surface area contributed by atoms with Crippen molar-refractivity contribution in [2.45, 2.75) is 82.5 Å². The van der Waals surface area contributed by atoms with Crippen LogP contribution in [0.3, 0.4) is 0 Å². The Bertz CT molecular complexity index is 812. The van der Waals surface area contributed by atoms with E-state index in [4.69, 9.17) is 0 Å². The number of likely N-dealkylation sites (tertiary alicyclic amines) is 3. The number of hydrogen-bond acceptors (Lipinski definition) is 3. The quantitative estimate of drug-likeness (QED) is 0.768.